The number of carbonyl (C=O) groups excluding carboxylic acids is 1. The van der Waals surface area contributed by atoms with Gasteiger partial charge < -0.3 is 13.7 Å². The minimum Gasteiger partial charge on any atom is -0.497 e. The average Bonchev–Trinajstić information content (AvgIpc) is 3.44. The van der Waals surface area contributed by atoms with Crippen molar-refractivity contribution >= 4 is 51.5 Å². The van der Waals surface area contributed by atoms with E-state index in [-0.39, 0.29) is 16.6 Å². The van der Waals surface area contributed by atoms with E-state index in [1.807, 2.05) is 18.2 Å². The van der Waals surface area contributed by atoms with Crippen molar-refractivity contribution in [3.63, 3.8) is 0 Å². The van der Waals surface area contributed by atoms with Crippen LogP contribution in [0, 0.1) is 0 Å². The van der Waals surface area contributed by atoms with E-state index in [2.05, 4.69) is 9.97 Å². The van der Waals surface area contributed by atoms with E-state index in [0.717, 1.165) is 11.1 Å². The Morgan fingerprint density at radius 2 is 1.91 bits per heavy atom. The van der Waals surface area contributed by atoms with Gasteiger partial charge in [0.1, 0.15) is 16.6 Å². The number of aromatic nitrogens is 3. The Kier molecular flexibility index (Phi) is 6.04. The number of oxazole rings is 1. The fraction of sp³-hybridized carbons (Fsp3) is 0.0800. The van der Waals surface area contributed by atoms with Gasteiger partial charge >= 0.3 is 0 Å². The van der Waals surface area contributed by atoms with Gasteiger partial charge in [-0.1, -0.05) is 46.9 Å². The second-order valence-electron chi connectivity index (χ2n) is 7.44. The van der Waals surface area contributed by atoms with Crippen LogP contribution in [-0.4, -0.2) is 27.4 Å². The molecular formula is C25H16Cl3N3O3. The molecule has 0 amide bonds. The van der Waals surface area contributed by atoms with E-state index >= 15 is 0 Å². The lowest BCUT2D eigenvalue weighted by Gasteiger charge is -2.10. The summed E-state index contributed by atoms with van der Waals surface area (Å²) in [5.74, 6) is 0.427. The number of halogens is 3. The molecule has 34 heavy (non-hydrogen) atoms. The van der Waals surface area contributed by atoms with Gasteiger partial charge in [-0.05, 0) is 48.0 Å². The van der Waals surface area contributed by atoms with Crippen LogP contribution in [0.4, 0.5) is 0 Å². The lowest BCUT2D eigenvalue weighted by molar-refractivity contribution is 0.100. The molecule has 0 bridgehead atoms. The van der Waals surface area contributed by atoms with Crippen molar-refractivity contribution in [1.29, 1.82) is 0 Å². The van der Waals surface area contributed by atoms with Crippen LogP contribution >= 0.6 is 34.8 Å². The van der Waals surface area contributed by atoms with Crippen molar-refractivity contribution in [2.24, 2.45) is 0 Å². The second kappa shape index (κ2) is 9.14. The van der Waals surface area contributed by atoms with Gasteiger partial charge in [-0.2, -0.15) is 0 Å². The van der Waals surface area contributed by atoms with Gasteiger partial charge in [0, 0.05) is 21.6 Å². The van der Waals surface area contributed by atoms with Crippen LogP contribution in [0.15, 0.2) is 71.4 Å². The number of hydrogen-bond donors (Lipinski definition) is 0. The highest BCUT2D eigenvalue weighted by Crippen LogP contribution is 2.36. The first kappa shape index (κ1) is 22.5. The van der Waals surface area contributed by atoms with Crippen LogP contribution in [0.5, 0.6) is 5.75 Å². The molecule has 0 fully saturated rings. The molecule has 0 atom stereocenters. The number of rotatable bonds is 6. The van der Waals surface area contributed by atoms with Gasteiger partial charge in [0.2, 0.25) is 0 Å². The summed E-state index contributed by atoms with van der Waals surface area (Å²) in [6.45, 7) is 0.329. The Labute approximate surface area is 209 Å². The standard InChI is InChI=1S/C25H16Cl3N3O3/c1-33-16-7-8-20-17(11-16)22(24(28)31(20)13-14-5-6-15(26)10-18(14)27)23(32)25-30-12-21(34-25)19-4-2-3-9-29-19/h2-12H,13H2,1H3. The third-order valence-corrected chi connectivity index (χ3v) is 6.38. The number of carbonyl (C=O) groups is 1. The highest BCUT2D eigenvalue weighted by Gasteiger charge is 2.27. The Balaban J connectivity index is 1.62. The van der Waals surface area contributed by atoms with Crippen molar-refractivity contribution in [2.75, 3.05) is 7.11 Å². The summed E-state index contributed by atoms with van der Waals surface area (Å²) in [4.78, 5) is 22.0. The zero-order chi connectivity index (χ0) is 23.8. The molecule has 6 nitrogen and oxygen atoms in total. The van der Waals surface area contributed by atoms with Crippen LogP contribution in [0.3, 0.4) is 0 Å². The van der Waals surface area contributed by atoms with Crippen molar-refractivity contribution in [1.82, 2.24) is 14.5 Å². The number of nitrogens with zero attached hydrogens (tertiary/aromatic N) is 3. The summed E-state index contributed by atoms with van der Waals surface area (Å²) in [5, 5.41) is 1.87. The van der Waals surface area contributed by atoms with Crippen LogP contribution in [0.2, 0.25) is 15.2 Å². The largest absolute Gasteiger partial charge is 0.497 e. The SMILES string of the molecule is COc1ccc2c(c1)c(C(=O)c1ncc(-c3ccccn3)o1)c(Cl)n2Cc1ccc(Cl)cc1Cl. The Bertz CT molecular complexity index is 1530. The quantitative estimate of drug-likeness (QED) is 0.230. The predicted octanol–water partition coefficient (Wildman–Crippen LogP) is 6.94. The summed E-state index contributed by atoms with van der Waals surface area (Å²) in [7, 11) is 1.56. The summed E-state index contributed by atoms with van der Waals surface area (Å²) in [6, 6.07) is 16.0. The highest BCUT2D eigenvalue weighted by molar-refractivity contribution is 6.37. The Morgan fingerprint density at radius 1 is 1.06 bits per heavy atom. The number of fused-ring (bicyclic) bond motifs is 1. The minimum atomic E-state index is -0.452. The lowest BCUT2D eigenvalue weighted by Crippen LogP contribution is -2.04. The highest BCUT2D eigenvalue weighted by atomic mass is 35.5. The maximum atomic E-state index is 13.5. The smallest absolute Gasteiger partial charge is 0.269 e. The lowest BCUT2D eigenvalue weighted by atomic mass is 10.1. The molecule has 0 spiro atoms. The van der Waals surface area contributed by atoms with Crippen molar-refractivity contribution < 1.29 is 13.9 Å². The molecule has 0 radical (unpaired) electrons. The normalized spacial score (nSPS) is 11.2. The topological polar surface area (TPSA) is 70.2 Å². The van der Waals surface area contributed by atoms with Gasteiger partial charge in [0.05, 0.1) is 30.9 Å². The summed E-state index contributed by atoms with van der Waals surface area (Å²) < 4.78 is 12.9. The fourth-order valence-corrected chi connectivity index (χ4v) is 4.54. The first-order valence-electron chi connectivity index (χ1n) is 10.2. The Morgan fingerprint density at radius 3 is 2.65 bits per heavy atom. The second-order valence-corrected chi connectivity index (χ2v) is 8.65. The van der Waals surface area contributed by atoms with E-state index in [1.54, 1.807) is 54.3 Å². The minimum absolute atomic E-state index is 0.0889. The van der Waals surface area contributed by atoms with Crippen LogP contribution in [0.25, 0.3) is 22.4 Å². The van der Waals surface area contributed by atoms with Crippen molar-refractivity contribution in [3.8, 4) is 17.2 Å². The maximum absolute atomic E-state index is 13.5. The van der Waals surface area contributed by atoms with Gasteiger partial charge in [0.25, 0.3) is 11.7 Å². The van der Waals surface area contributed by atoms with E-state index < -0.39 is 5.78 Å². The van der Waals surface area contributed by atoms with Crippen molar-refractivity contribution in [3.05, 3.63) is 99.2 Å². The number of methoxy groups -OCH3 is 1. The van der Waals surface area contributed by atoms with Crippen LogP contribution in [-0.2, 0) is 6.54 Å². The average molecular weight is 513 g/mol. The van der Waals surface area contributed by atoms with Crippen LogP contribution in [0.1, 0.15) is 21.8 Å². The third-order valence-electron chi connectivity index (χ3n) is 5.40. The molecule has 9 heteroatoms. The molecule has 0 aliphatic carbocycles. The molecule has 0 aliphatic heterocycles. The van der Waals surface area contributed by atoms with E-state index in [9.17, 15) is 4.79 Å². The van der Waals surface area contributed by atoms with Gasteiger partial charge in [-0.3, -0.25) is 9.78 Å². The zero-order valence-corrected chi connectivity index (χ0v) is 20.0. The molecule has 5 rings (SSSR count). The number of benzene rings is 2. The molecular weight excluding hydrogens is 497 g/mol. The molecule has 3 heterocycles. The molecule has 170 valence electrons. The molecule has 0 saturated carbocycles. The molecule has 3 aromatic heterocycles. The number of pyridine rings is 1. The maximum Gasteiger partial charge on any atom is 0.269 e. The first-order chi connectivity index (χ1) is 16.5. The molecule has 0 saturated heterocycles. The number of hydrogen-bond acceptors (Lipinski definition) is 5. The summed E-state index contributed by atoms with van der Waals surface area (Å²) in [5.41, 5.74) is 2.36. The van der Waals surface area contributed by atoms with Gasteiger partial charge in [-0.15, -0.1) is 0 Å². The molecule has 5 aromatic rings. The van der Waals surface area contributed by atoms with Crippen molar-refractivity contribution in [2.45, 2.75) is 6.54 Å². The first-order valence-corrected chi connectivity index (χ1v) is 11.3. The van der Waals surface area contributed by atoms with Gasteiger partial charge in [0.15, 0.2) is 5.76 Å². The van der Waals surface area contributed by atoms with Crippen LogP contribution < -0.4 is 4.74 Å². The van der Waals surface area contributed by atoms with E-state index in [1.165, 1.54) is 6.20 Å². The monoisotopic (exact) mass is 511 g/mol. The molecule has 2 aromatic carbocycles. The molecule has 0 aliphatic rings. The Hall–Kier alpha value is -3.32. The third kappa shape index (κ3) is 4.05. The van der Waals surface area contributed by atoms with E-state index in [0.29, 0.717) is 39.2 Å². The fourth-order valence-electron chi connectivity index (χ4n) is 3.73. The number of ether oxygens (including phenoxy) is 1. The van der Waals surface area contributed by atoms with E-state index in [4.69, 9.17) is 44.0 Å². The molecule has 0 unspecified atom stereocenters. The summed E-state index contributed by atoms with van der Waals surface area (Å²) in [6.07, 6.45) is 3.11. The predicted molar refractivity (Wildman–Crippen MR) is 132 cm³/mol. The zero-order valence-electron chi connectivity index (χ0n) is 17.8. The molecule has 0 N–H and O–H groups in total. The summed E-state index contributed by atoms with van der Waals surface area (Å²) >= 11 is 19.2. The van der Waals surface area contributed by atoms with Gasteiger partial charge in [-0.25, -0.2) is 4.98 Å². The number of ketones is 1.